The topological polar surface area (TPSA) is 12.0 Å². The van der Waals surface area contributed by atoms with Gasteiger partial charge in [0.15, 0.2) is 0 Å². The van der Waals surface area contributed by atoms with Gasteiger partial charge >= 0.3 is 0 Å². The van der Waals surface area contributed by atoms with E-state index in [0.29, 0.717) is 6.04 Å². The molecule has 1 saturated carbocycles. The zero-order chi connectivity index (χ0) is 12.7. The highest BCUT2D eigenvalue weighted by Crippen LogP contribution is 2.42. The summed E-state index contributed by atoms with van der Waals surface area (Å²) in [4.78, 5) is 4.70. The van der Waals surface area contributed by atoms with E-state index in [1.54, 1.807) is 10.4 Å². The number of thiophene rings is 2. The summed E-state index contributed by atoms with van der Waals surface area (Å²) in [6.45, 7) is 1.05. The van der Waals surface area contributed by atoms with Gasteiger partial charge < -0.3 is 5.32 Å². The third-order valence-corrected chi connectivity index (χ3v) is 6.43. The highest BCUT2D eigenvalue weighted by Gasteiger charge is 2.32. The summed E-state index contributed by atoms with van der Waals surface area (Å²) in [6.07, 6.45) is 6.79. The van der Waals surface area contributed by atoms with Gasteiger partial charge in [-0.05, 0) is 61.1 Å². The summed E-state index contributed by atoms with van der Waals surface area (Å²) < 4.78 is 0. The average molecular weight is 289 g/mol. The Balaban J connectivity index is 1.44. The van der Waals surface area contributed by atoms with Crippen LogP contribution in [0.4, 0.5) is 0 Å². The molecule has 19 heavy (non-hydrogen) atoms. The molecule has 2 aliphatic rings. The van der Waals surface area contributed by atoms with Crippen LogP contribution < -0.4 is 5.32 Å². The molecule has 1 nitrogen and oxygen atoms in total. The molecule has 3 heteroatoms. The molecule has 0 amide bonds. The minimum atomic E-state index is 0.594. The third kappa shape index (κ3) is 2.51. The van der Waals surface area contributed by atoms with Crippen molar-refractivity contribution in [2.24, 2.45) is 5.92 Å². The van der Waals surface area contributed by atoms with Crippen LogP contribution in [0, 0.1) is 5.92 Å². The van der Waals surface area contributed by atoms with E-state index in [2.05, 4.69) is 28.9 Å². The third-order valence-electron chi connectivity index (χ3n) is 4.24. The van der Waals surface area contributed by atoms with Crippen LogP contribution in [0.5, 0.6) is 0 Å². The zero-order valence-electron chi connectivity index (χ0n) is 11.0. The first-order chi connectivity index (χ1) is 9.40. The Morgan fingerprint density at radius 2 is 2.26 bits per heavy atom. The first-order valence-electron chi connectivity index (χ1n) is 7.27. The normalized spacial score (nSPS) is 19.6. The fourth-order valence-electron chi connectivity index (χ4n) is 3.09. The van der Waals surface area contributed by atoms with Crippen LogP contribution in [0.1, 0.15) is 45.5 Å². The summed E-state index contributed by atoms with van der Waals surface area (Å²) in [7, 11) is 0. The van der Waals surface area contributed by atoms with Crippen molar-refractivity contribution in [3.63, 3.8) is 0 Å². The van der Waals surface area contributed by atoms with Gasteiger partial charge in [-0.1, -0.05) is 6.07 Å². The average Bonchev–Trinajstić information content (AvgIpc) is 2.80. The molecule has 1 atom stereocenters. The van der Waals surface area contributed by atoms with E-state index in [0.717, 1.165) is 12.5 Å². The number of rotatable bonds is 5. The Kier molecular flexibility index (Phi) is 3.22. The van der Waals surface area contributed by atoms with E-state index in [1.807, 2.05) is 22.7 Å². The monoisotopic (exact) mass is 289 g/mol. The lowest BCUT2D eigenvalue weighted by molar-refractivity contribution is 0.490. The number of nitrogens with one attached hydrogen (secondary N) is 1. The molecular weight excluding hydrogens is 270 g/mol. The molecule has 1 fully saturated rings. The zero-order valence-corrected chi connectivity index (χ0v) is 12.7. The Hall–Kier alpha value is -0.640. The van der Waals surface area contributed by atoms with Crippen molar-refractivity contribution in [1.29, 1.82) is 0 Å². The number of aryl methyl sites for hydroxylation is 2. The van der Waals surface area contributed by atoms with Gasteiger partial charge in [0.05, 0.1) is 0 Å². The maximum Gasteiger partial charge on any atom is 0.0446 e. The molecule has 2 aliphatic carbocycles. The van der Waals surface area contributed by atoms with Crippen molar-refractivity contribution >= 4 is 22.7 Å². The van der Waals surface area contributed by atoms with Crippen molar-refractivity contribution in [2.45, 2.75) is 44.7 Å². The predicted molar refractivity (Wildman–Crippen MR) is 83.0 cm³/mol. The van der Waals surface area contributed by atoms with Crippen molar-refractivity contribution in [2.75, 3.05) is 0 Å². The van der Waals surface area contributed by atoms with Crippen LogP contribution in [-0.2, 0) is 19.4 Å². The van der Waals surface area contributed by atoms with E-state index in [4.69, 9.17) is 0 Å². The SMILES string of the molecule is c1csc(C(NCc2cc3c(s2)CCC3)C2CC2)c1. The molecule has 0 aliphatic heterocycles. The molecule has 1 unspecified atom stereocenters. The predicted octanol–water partition coefficient (Wildman–Crippen LogP) is 4.54. The molecule has 100 valence electrons. The fraction of sp³-hybridized carbons (Fsp3) is 0.500. The summed E-state index contributed by atoms with van der Waals surface area (Å²) in [5, 5.41) is 6.01. The lowest BCUT2D eigenvalue weighted by Gasteiger charge is -2.16. The van der Waals surface area contributed by atoms with Gasteiger partial charge in [0, 0.05) is 27.2 Å². The van der Waals surface area contributed by atoms with Crippen LogP contribution in [0.2, 0.25) is 0 Å². The lowest BCUT2D eigenvalue weighted by atomic mass is 10.1. The highest BCUT2D eigenvalue weighted by atomic mass is 32.1. The number of fused-ring (bicyclic) bond motifs is 1. The molecule has 0 spiro atoms. The second-order valence-electron chi connectivity index (χ2n) is 5.73. The van der Waals surface area contributed by atoms with Gasteiger partial charge in [-0.15, -0.1) is 22.7 Å². The summed E-state index contributed by atoms with van der Waals surface area (Å²) >= 11 is 3.93. The molecule has 4 rings (SSSR count). The first kappa shape index (κ1) is 12.1. The Morgan fingerprint density at radius 1 is 1.32 bits per heavy atom. The molecule has 2 aromatic rings. The van der Waals surface area contributed by atoms with Crippen LogP contribution in [0.15, 0.2) is 23.6 Å². The van der Waals surface area contributed by atoms with Crippen LogP contribution in [0.3, 0.4) is 0 Å². The molecule has 2 aromatic heterocycles. The Labute approximate surface area is 122 Å². The maximum absolute atomic E-state index is 3.81. The van der Waals surface area contributed by atoms with Crippen molar-refractivity contribution in [3.8, 4) is 0 Å². The molecule has 0 radical (unpaired) electrons. The molecule has 0 bridgehead atoms. The molecule has 2 heterocycles. The Bertz CT molecular complexity index is 530. The molecule has 0 aromatic carbocycles. The van der Waals surface area contributed by atoms with Crippen molar-refractivity contribution in [1.82, 2.24) is 5.32 Å². The van der Waals surface area contributed by atoms with Crippen LogP contribution >= 0.6 is 22.7 Å². The first-order valence-corrected chi connectivity index (χ1v) is 8.97. The highest BCUT2D eigenvalue weighted by molar-refractivity contribution is 7.12. The minimum absolute atomic E-state index is 0.594. The van der Waals surface area contributed by atoms with E-state index in [1.165, 1.54) is 41.9 Å². The molecular formula is C16H19NS2. The summed E-state index contributed by atoms with van der Waals surface area (Å²) in [6, 6.07) is 7.50. The van der Waals surface area contributed by atoms with Gasteiger partial charge in [-0.25, -0.2) is 0 Å². The Morgan fingerprint density at radius 3 is 3.00 bits per heavy atom. The van der Waals surface area contributed by atoms with Crippen molar-refractivity contribution < 1.29 is 0 Å². The summed E-state index contributed by atoms with van der Waals surface area (Å²) in [5.41, 5.74) is 1.63. The van der Waals surface area contributed by atoms with Crippen LogP contribution in [-0.4, -0.2) is 0 Å². The van der Waals surface area contributed by atoms with Crippen LogP contribution in [0.25, 0.3) is 0 Å². The number of hydrogen-bond acceptors (Lipinski definition) is 3. The van der Waals surface area contributed by atoms with Gasteiger partial charge in [-0.3, -0.25) is 0 Å². The van der Waals surface area contributed by atoms with E-state index < -0.39 is 0 Å². The van der Waals surface area contributed by atoms with E-state index >= 15 is 0 Å². The second kappa shape index (κ2) is 5.04. The van der Waals surface area contributed by atoms with Crippen molar-refractivity contribution in [3.05, 3.63) is 43.8 Å². The lowest BCUT2D eigenvalue weighted by Crippen LogP contribution is -2.21. The fourth-order valence-corrected chi connectivity index (χ4v) is 5.19. The van der Waals surface area contributed by atoms with E-state index in [-0.39, 0.29) is 0 Å². The van der Waals surface area contributed by atoms with Gasteiger partial charge in [0.2, 0.25) is 0 Å². The summed E-state index contributed by atoms with van der Waals surface area (Å²) in [5.74, 6) is 0.880. The smallest absolute Gasteiger partial charge is 0.0446 e. The largest absolute Gasteiger partial charge is 0.304 e. The number of hydrogen-bond donors (Lipinski definition) is 1. The van der Waals surface area contributed by atoms with Gasteiger partial charge in [0.1, 0.15) is 0 Å². The second-order valence-corrected chi connectivity index (χ2v) is 7.93. The minimum Gasteiger partial charge on any atom is -0.304 e. The van der Waals surface area contributed by atoms with E-state index in [9.17, 15) is 0 Å². The maximum atomic E-state index is 3.81. The molecule has 1 N–H and O–H groups in total. The quantitative estimate of drug-likeness (QED) is 0.852. The standard InChI is InChI=1S/C16H19NS2/c1-3-12-9-13(19-14(12)4-1)10-17-16(11-6-7-11)15-5-2-8-18-15/h2,5,8-9,11,16-17H,1,3-4,6-7,10H2. The van der Waals surface area contributed by atoms with Gasteiger partial charge in [-0.2, -0.15) is 0 Å². The molecule has 0 saturated heterocycles. The van der Waals surface area contributed by atoms with Gasteiger partial charge in [0.25, 0.3) is 0 Å².